The van der Waals surface area contributed by atoms with Gasteiger partial charge in [-0.2, -0.15) is 10.3 Å². The Kier molecular flexibility index (Phi) is 3.67. The standard InChI is InChI=1S/C9H16N2O2/c1-9(2,3-4-10)13-11-5-7-12-8-6-11/h3,5-8H2,1-2H3. The highest BCUT2D eigenvalue weighted by Gasteiger charge is 2.23. The van der Waals surface area contributed by atoms with Crippen LogP contribution in [0.25, 0.3) is 0 Å². The highest BCUT2D eigenvalue weighted by atomic mass is 16.7. The van der Waals surface area contributed by atoms with Crippen LogP contribution in [0, 0.1) is 11.3 Å². The molecule has 13 heavy (non-hydrogen) atoms. The number of hydrogen-bond acceptors (Lipinski definition) is 4. The molecule has 1 heterocycles. The molecule has 1 saturated heterocycles. The molecule has 0 bridgehead atoms. The predicted molar refractivity (Wildman–Crippen MR) is 47.8 cm³/mol. The van der Waals surface area contributed by atoms with Crippen molar-refractivity contribution in [3.8, 4) is 6.07 Å². The highest BCUT2D eigenvalue weighted by Crippen LogP contribution is 2.16. The highest BCUT2D eigenvalue weighted by molar-refractivity contribution is 4.83. The molecule has 0 unspecified atom stereocenters. The van der Waals surface area contributed by atoms with Gasteiger partial charge >= 0.3 is 0 Å². The van der Waals surface area contributed by atoms with Crippen LogP contribution in [-0.2, 0) is 9.57 Å². The van der Waals surface area contributed by atoms with Gasteiger partial charge in [0.15, 0.2) is 0 Å². The van der Waals surface area contributed by atoms with Crippen LogP contribution in [0.15, 0.2) is 0 Å². The average Bonchev–Trinajstić information content (AvgIpc) is 2.04. The van der Waals surface area contributed by atoms with E-state index in [1.807, 2.05) is 18.9 Å². The smallest absolute Gasteiger partial charge is 0.0972 e. The lowest BCUT2D eigenvalue weighted by molar-refractivity contribution is -0.255. The molecule has 1 rings (SSSR count). The Morgan fingerprint density at radius 2 is 2.08 bits per heavy atom. The summed E-state index contributed by atoms with van der Waals surface area (Å²) in [4.78, 5) is 5.65. The summed E-state index contributed by atoms with van der Waals surface area (Å²) in [5, 5.41) is 10.4. The fourth-order valence-corrected chi connectivity index (χ4v) is 1.21. The van der Waals surface area contributed by atoms with Crippen molar-refractivity contribution in [2.75, 3.05) is 26.3 Å². The van der Waals surface area contributed by atoms with E-state index >= 15 is 0 Å². The molecule has 1 aliphatic rings. The first-order valence-corrected chi connectivity index (χ1v) is 4.53. The lowest BCUT2D eigenvalue weighted by atomic mass is 10.1. The third kappa shape index (κ3) is 3.73. The summed E-state index contributed by atoms with van der Waals surface area (Å²) in [6.45, 7) is 6.84. The second-order valence-corrected chi connectivity index (χ2v) is 3.73. The molecule has 0 saturated carbocycles. The first-order chi connectivity index (χ1) is 6.14. The van der Waals surface area contributed by atoms with E-state index in [-0.39, 0.29) is 5.60 Å². The molecule has 0 atom stereocenters. The number of nitriles is 1. The predicted octanol–water partition coefficient (Wildman–Crippen LogP) is 0.942. The molecule has 0 radical (unpaired) electrons. The van der Waals surface area contributed by atoms with Gasteiger partial charge in [0.05, 0.1) is 31.3 Å². The van der Waals surface area contributed by atoms with Crippen LogP contribution < -0.4 is 0 Å². The van der Waals surface area contributed by atoms with Crippen molar-refractivity contribution in [2.24, 2.45) is 0 Å². The Labute approximate surface area is 79.0 Å². The van der Waals surface area contributed by atoms with Crippen LogP contribution in [0.1, 0.15) is 20.3 Å². The Hall–Kier alpha value is -0.630. The second-order valence-electron chi connectivity index (χ2n) is 3.73. The Morgan fingerprint density at radius 3 is 2.62 bits per heavy atom. The van der Waals surface area contributed by atoms with Gasteiger partial charge in [0.1, 0.15) is 0 Å². The molecule has 0 aromatic rings. The summed E-state index contributed by atoms with van der Waals surface area (Å²) in [5.41, 5.74) is -0.383. The quantitative estimate of drug-likeness (QED) is 0.655. The van der Waals surface area contributed by atoms with E-state index in [0.29, 0.717) is 19.6 Å². The van der Waals surface area contributed by atoms with Crippen molar-refractivity contribution < 1.29 is 9.57 Å². The van der Waals surface area contributed by atoms with Gasteiger partial charge in [-0.15, -0.1) is 0 Å². The van der Waals surface area contributed by atoms with Crippen molar-refractivity contribution in [3.05, 3.63) is 0 Å². The summed E-state index contributed by atoms with van der Waals surface area (Å²) in [5.74, 6) is 0. The largest absolute Gasteiger partial charge is 0.379 e. The van der Waals surface area contributed by atoms with Gasteiger partial charge in [0, 0.05) is 13.1 Å². The molecule has 0 aliphatic carbocycles. The molecule has 0 amide bonds. The number of nitrogens with zero attached hydrogens (tertiary/aromatic N) is 2. The first kappa shape index (κ1) is 10.5. The van der Waals surface area contributed by atoms with Gasteiger partial charge in [-0.3, -0.25) is 4.84 Å². The molecule has 4 heteroatoms. The van der Waals surface area contributed by atoms with Gasteiger partial charge in [-0.05, 0) is 13.8 Å². The molecule has 4 nitrogen and oxygen atoms in total. The van der Waals surface area contributed by atoms with Crippen molar-refractivity contribution in [3.63, 3.8) is 0 Å². The second kappa shape index (κ2) is 4.56. The van der Waals surface area contributed by atoms with Crippen molar-refractivity contribution >= 4 is 0 Å². The zero-order valence-corrected chi connectivity index (χ0v) is 8.25. The molecule has 0 aromatic carbocycles. The third-order valence-corrected chi connectivity index (χ3v) is 1.85. The van der Waals surface area contributed by atoms with Gasteiger partial charge in [0.25, 0.3) is 0 Å². The molecule has 0 spiro atoms. The molecule has 74 valence electrons. The zero-order chi connectivity index (χ0) is 9.73. The monoisotopic (exact) mass is 184 g/mol. The fraction of sp³-hybridized carbons (Fsp3) is 0.889. The maximum Gasteiger partial charge on any atom is 0.0972 e. The summed E-state index contributed by atoms with van der Waals surface area (Å²) in [6, 6.07) is 2.11. The maximum atomic E-state index is 8.56. The minimum absolute atomic E-state index is 0.383. The van der Waals surface area contributed by atoms with E-state index < -0.39 is 0 Å². The number of hydroxylamine groups is 2. The van der Waals surface area contributed by atoms with E-state index in [2.05, 4.69) is 6.07 Å². The number of rotatable bonds is 3. The van der Waals surface area contributed by atoms with Crippen molar-refractivity contribution in [1.29, 1.82) is 5.26 Å². The summed E-state index contributed by atoms with van der Waals surface area (Å²) < 4.78 is 5.19. The van der Waals surface area contributed by atoms with E-state index in [4.69, 9.17) is 14.8 Å². The SMILES string of the molecule is CC(C)(CC#N)ON1CCOCC1. The zero-order valence-electron chi connectivity index (χ0n) is 8.25. The Morgan fingerprint density at radius 1 is 1.46 bits per heavy atom. The maximum absolute atomic E-state index is 8.56. The van der Waals surface area contributed by atoms with Crippen LogP contribution in [-0.4, -0.2) is 37.0 Å². The summed E-state index contributed by atoms with van der Waals surface area (Å²) >= 11 is 0. The first-order valence-electron chi connectivity index (χ1n) is 4.53. The third-order valence-electron chi connectivity index (χ3n) is 1.85. The average molecular weight is 184 g/mol. The van der Waals surface area contributed by atoms with Crippen LogP contribution in [0.5, 0.6) is 0 Å². The topological polar surface area (TPSA) is 45.5 Å². The van der Waals surface area contributed by atoms with E-state index in [1.165, 1.54) is 0 Å². The van der Waals surface area contributed by atoms with Crippen molar-refractivity contribution in [1.82, 2.24) is 5.06 Å². The molecular formula is C9H16N2O2. The van der Waals surface area contributed by atoms with E-state index in [0.717, 1.165) is 13.1 Å². The van der Waals surface area contributed by atoms with Crippen LogP contribution >= 0.6 is 0 Å². The minimum Gasteiger partial charge on any atom is -0.379 e. The van der Waals surface area contributed by atoms with E-state index in [9.17, 15) is 0 Å². The Bertz CT molecular complexity index is 192. The molecular weight excluding hydrogens is 168 g/mol. The molecule has 1 fully saturated rings. The lowest BCUT2D eigenvalue weighted by Crippen LogP contribution is -2.42. The van der Waals surface area contributed by atoms with Crippen LogP contribution in [0.4, 0.5) is 0 Å². The normalized spacial score (nSPS) is 19.8. The van der Waals surface area contributed by atoms with Gasteiger partial charge < -0.3 is 4.74 Å². The van der Waals surface area contributed by atoms with Crippen molar-refractivity contribution in [2.45, 2.75) is 25.9 Å². The lowest BCUT2D eigenvalue weighted by Gasteiger charge is -2.33. The molecule has 1 aliphatic heterocycles. The minimum atomic E-state index is -0.383. The van der Waals surface area contributed by atoms with Crippen LogP contribution in [0.2, 0.25) is 0 Å². The molecule has 0 N–H and O–H groups in total. The summed E-state index contributed by atoms with van der Waals surface area (Å²) in [7, 11) is 0. The molecule has 0 aromatic heterocycles. The fourth-order valence-electron chi connectivity index (χ4n) is 1.21. The number of ether oxygens (including phenoxy) is 1. The van der Waals surface area contributed by atoms with Gasteiger partial charge in [0.2, 0.25) is 0 Å². The number of hydrogen-bond donors (Lipinski definition) is 0. The van der Waals surface area contributed by atoms with E-state index in [1.54, 1.807) is 0 Å². The van der Waals surface area contributed by atoms with Gasteiger partial charge in [-0.25, -0.2) is 0 Å². The van der Waals surface area contributed by atoms with Gasteiger partial charge in [-0.1, -0.05) is 0 Å². The Balaban J connectivity index is 2.33. The van der Waals surface area contributed by atoms with Crippen LogP contribution in [0.3, 0.4) is 0 Å². The summed E-state index contributed by atoms with van der Waals surface area (Å²) in [6.07, 6.45) is 0.407. The number of morpholine rings is 1.